The Labute approximate surface area is 68.6 Å². The smallest absolute Gasteiger partial charge is 0.255 e. The van der Waals surface area contributed by atoms with Gasteiger partial charge in [0.15, 0.2) is 0 Å². The molecule has 0 saturated heterocycles. The standard InChI is InChI=1S/C7H8FN3O/c8-5-3-10-7(9)11-6(5)12-4-1-2-4/h3-4H,1-2H2,(H2,9,10,11). The van der Waals surface area contributed by atoms with E-state index in [9.17, 15) is 4.39 Å². The van der Waals surface area contributed by atoms with Crippen molar-refractivity contribution in [1.82, 2.24) is 9.97 Å². The van der Waals surface area contributed by atoms with Crippen LogP contribution >= 0.6 is 0 Å². The Bertz CT molecular complexity index is 301. The highest BCUT2D eigenvalue weighted by atomic mass is 19.1. The summed E-state index contributed by atoms with van der Waals surface area (Å²) in [6.07, 6.45) is 3.06. The Morgan fingerprint density at radius 3 is 3.00 bits per heavy atom. The molecule has 1 fully saturated rings. The zero-order chi connectivity index (χ0) is 8.55. The number of nitrogens with zero attached hydrogens (tertiary/aromatic N) is 2. The highest BCUT2D eigenvalue weighted by Gasteiger charge is 2.25. The van der Waals surface area contributed by atoms with Crippen molar-refractivity contribution >= 4 is 5.95 Å². The van der Waals surface area contributed by atoms with Gasteiger partial charge in [-0.05, 0) is 12.8 Å². The Morgan fingerprint density at radius 2 is 2.33 bits per heavy atom. The van der Waals surface area contributed by atoms with Crippen molar-refractivity contribution < 1.29 is 9.13 Å². The van der Waals surface area contributed by atoms with Crippen molar-refractivity contribution in [2.24, 2.45) is 0 Å². The average molecular weight is 169 g/mol. The number of anilines is 1. The van der Waals surface area contributed by atoms with Crippen LogP contribution in [-0.2, 0) is 0 Å². The lowest BCUT2D eigenvalue weighted by atomic mass is 10.6. The van der Waals surface area contributed by atoms with Crippen LogP contribution in [-0.4, -0.2) is 16.1 Å². The summed E-state index contributed by atoms with van der Waals surface area (Å²) in [5, 5.41) is 0. The molecule has 0 unspecified atom stereocenters. The van der Waals surface area contributed by atoms with Crippen molar-refractivity contribution in [3.8, 4) is 5.88 Å². The van der Waals surface area contributed by atoms with Crippen LogP contribution in [0.4, 0.5) is 10.3 Å². The van der Waals surface area contributed by atoms with Crippen LogP contribution in [0.5, 0.6) is 5.88 Å². The molecule has 0 atom stereocenters. The molecule has 1 aliphatic carbocycles. The number of nitrogen functional groups attached to an aromatic ring is 1. The van der Waals surface area contributed by atoms with Crippen molar-refractivity contribution in [2.45, 2.75) is 18.9 Å². The minimum absolute atomic E-state index is 0.0343. The Balaban J connectivity index is 2.21. The van der Waals surface area contributed by atoms with E-state index < -0.39 is 5.82 Å². The molecule has 1 aromatic rings. The molecule has 0 aromatic carbocycles. The first kappa shape index (κ1) is 7.27. The molecule has 1 heterocycles. The lowest BCUT2D eigenvalue weighted by molar-refractivity contribution is 0.274. The van der Waals surface area contributed by atoms with Gasteiger partial charge in [0, 0.05) is 0 Å². The monoisotopic (exact) mass is 169 g/mol. The zero-order valence-corrected chi connectivity index (χ0v) is 6.33. The number of halogens is 1. The second-order valence-corrected chi connectivity index (χ2v) is 2.70. The molecular formula is C7H8FN3O. The van der Waals surface area contributed by atoms with Gasteiger partial charge in [0.25, 0.3) is 5.88 Å². The summed E-state index contributed by atoms with van der Waals surface area (Å²) in [5.41, 5.74) is 5.25. The summed E-state index contributed by atoms with van der Waals surface area (Å²) in [4.78, 5) is 7.10. The molecule has 2 rings (SSSR count). The number of aromatic nitrogens is 2. The van der Waals surface area contributed by atoms with Crippen molar-refractivity contribution in [2.75, 3.05) is 5.73 Å². The first-order valence-corrected chi connectivity index (χ1v) is 3.70. The quantitative estimate of drug-likeness (QED) is 0.709. The van der Waals surface area contributed by atoms with E-state index in [1.165, 1.54) is 0 Å². The molecule has 4 nitrogen and oxygen atoms in total. The molecule has 1 aliphatic rings. The van der Waals surface area contributed by atoms with Gasteiger partial charge in [0.2, 0.25) is 11.8 Å². The number of hydrogen-bond donors (Lipinski definition) is 1. The maximum absolute atomic E-state index is 12.9. The SMILES string of the molecule is Nc1ncc(F)c(OC2CC2)n1. The van der Waals surface area contributed by atoms with E-state index in [-0.39, 0.29) is 17.9 Å². The van der Waals surface area contributed by atoms with Crippen molar-refractivity contribution in [1.29, 1.82) is 0 Å². The topological polar surface area (TPSA) is 61.0 Å². The van der Waals surface area contributed by atoms with Crippen LogP contribution < -0.4 is 10.5 Å². The second-order valence-electron chi connectivity index (χ2n) is 2.70. The normalized spacial score (nSPS) is 16.1. The fraction of sp³-hybridized carbons (Fsp3) is 0.429. The van der Waals surface area contributed by atoms with Crippen LogP contribution in [0.1, 0.15) is 12.8 Å². The first-order valence-electron chi connectivity index (χ1n) is 3.70. The minimum Gasteiger partial charge on any atom is -0.472 e. The fourth-order valence-corrected chi connectivity index (χ4v) is 0.791. The lowest BCUT2D eigenvalue weighted by Gasteiger charge is -2.03. The largest absolute Gasteiger partial charge is 0.472 e. The minimum atomic E-state index is -0.559. The number of ether oxygens (including phenoxy) is 1. The third kappa shape index (κ3) is 1.44. The average Bonchev–Trinajstić information content (AvgIpc) is 2.81. The van der Waals surface area contributed by atoms with Crippen LogP contribution in [0.3, 0.4) is 0 Å². The van der Waals surface area contributed by atoms with Gasteiger partial charge in [-0.1, -0.05) is 0 Å². The van der Waals surface area contributed by atoms with E-state index in [1.807, 2.05) is 0 Å². The molecule has 0 amide bonds. The van der Waals surface area contributed by atoms with E-state index in [0.717, 1.165) is 19.0 Å². The summed E-state index contributed by atoms with van der Waals surface area (Å²) in [6, 6.07) is 0. The van der Waals surface area contributed by atoms with E-state index in [4.69, 9.17) is 10.5 Å². The predicted octanol–water partition coefficient (Wildman–Crippen LogP) is 0.739. The third-order valence-electron chi connectivity index (χ3n) is 1.53. The summed E-state index contributed by atoms with van der Waals surface area (Å²) in [5.74, 6) is -0.562. The van der Waals surface area contributed by atoms with E-state index >= 15 is 0 Å². The number of rotatable bonds is 2. The Morgan fingerprint density at radius 1 is 1.58 bits per heavy atom. The maximum Gasteiger partial charge on any atom is 0.255 e. The lowest BCUT2D eigenvalue weighted by Crippen LogP contribution is -2.04. The first-order chi connectivity index (χ1) is 5.75. The van der Waals surface area contributed by atoms with E-state index in [1.54, 1.807) is 0 Å². The summed E-state index contributed by atoms with van der Waals surface area (Å²) >= 11 is 0. The second kappa shape index (κ2) is 2.58. The molecule has 0 aliphatic heterocycles. The van der Waals surface area contributed by atoms with Gasteiger partial charge < -0.3 is 10.5 Å². The van der Waals surface area contributed by atoms with Crippen LogP contribution in [0, 0.1) is 5.82 Å². The van der Waals surface area contributed by atoms with Gasteiger partial charge in [0.1, 0.15) is 6.10 Å². The van der Waals surface area contributed by atoms with Crippen LogP contribution in [0.25, 0.3) is 0 Å². The van der Waals surface area contributed by atoms with E-state index in [0.29, 0.717) is 0 Å². The molecule has 2 N–H and O–H groups in total. The van der Waals surface area contributed by atoms with Gasteiger partial charge in [-0.3, -0.25) is 0 Å². The van der Waals surface area contributed by atoms with Crippen molar-refractivity contribution in [3.05, 3.63) is 12.0 Å². The molecule has 64 valence electrons. The Hall–Kier alpha value is -1.39. The zero-order valence-electron chi connectivity index (χ0n) is 6.33. The van der Waals surface area contributed by atoms with Crippen LogP contribution in [0.15, 0.2) is 6.20 Å². The van der Waals surface area contributed by atoms with Crippen molar-refractivity contribution in [3.63, 3.8) is 0 Å². The van der Waals surface area contributed by atoms with E-state index in [2.05, 4.69) is 9.97 Å². The molecule has 5 heteroatoms. The van der Waals surface area contributed by atoms with Gasteiger partial charge in [-0.2, -0.15) is 9.37 Å². The number of hydrogen-bond acceptors (Lipinski definition) is 4. The third-order valence-corrected chi connectivity index (χ3v) is 1.53. The number of nitrogens with two attached hydrogens (primary N) is 1. The molecule has 12 heavy (non-hydrogen) atoms. The van der Waals surface area contributed by atoms with Gasteiger partial charge in [-0.15, -0.1) is 0 Å². The molecule has 0 radical (unpaired) electrons. The molecule has 1 aromatic heterocycles. The summed E-state index contributed by atoms with van der Waals surface area (Å²) in [7, 11) is 0. The fourth-order valence-electron chi connectivity index (χ4n) is 0.791. The van der Waals surface area contributed by atoms with Gasteiger partial charge >= 0.3 is 0 Å². The molecular weight excluding hydrogens is 161 g/mol. The predicted molar refractivity (Wildman–Crippen MR) is 40.1 cm³/mol. The van der Waals surface area contributed by atoms with Gasteiger partial charge in [-0.25, -0.2) is 4.98 Å². The molecule has 0 spiro atoms. The highest BCUT2D eigenvalue weighted by Crippen LogP contribution is 2.26. The Kier molecular flexibility index (Phi) is 1.56. The van der Waals surface area contributed by atoms with Crippen LogP contribution in [0.2, 0.25) is 0 Å². The molecule has 0 bridgehead atoms. The summed E-state index contributed by atoms with van der Waals surface area (Å²) < 4.78 is 18.0. The van der Waals surface area contributed by atoms with Gasteiger partial charge in [0.05, 0.1) is 6.20 Å². The maximum atomic E-state index is 12.9. The molecule has 1 saturated carbocycles. The summed E-state index contributed by atoms with van der Waals surface area (Å²) in [6.45, 7) is 0. The highest BCUT2D eigenvalue weighted by molar-refractivity contribution is 5.22.